The summed E-state index contributed by atoms with van der Waals surface area (Å²) < 4.78 is 0. The van der Waals surface area contributed by atoms with Crippen LogP contribution in [0.15, 0.2) is 54.6 Å². The third kappa shape index (κ3) is 2.69. The molecule has 1 aliphatic heterocycles. The summed E-state index contributed by atoms with van der Waals surface area (Å²) in [7, 11) is 0. The summed E-state index contributed by atoms with van der Waals surface area (Å²) in [4.78, 5) is 12.8. The average Bonchev–Trinajstić information content (AvgIpc) is 2.47. The van der Waals surface area contributed by atoms with Gasteiger partial charge in [0.15, 0.2) is 0 Å². The molecule has 0 atom stereocenters. The topological polar surface area (TPSA) is 29.1 Å². The van der Waals surface area contributed by atoms with Gasteiger partial charge in [-0.05, 0) is 49.5 Å². The number of rotatable bonds is 1. The van der Waals surface area contributed by atoms with Gasteiger partial charge in [0, 0.05) is 5.54 Å². The average molecular weight is 291 g/mol. The molecular formula is C20H21NO. The molecule has 1 N–H and O–H groups in total. The minimum Gasteiger partial charge on any atom is -0.347 e. The van der Waals surface area contributed by atoms with Crippen LogP contribution >= 0.6 is 0 Å². The molecule has 22 heavy (non-hydrogen) atoms. The Bertz CT molecular complexity index is 741. The molecule has 2 aromatic rings. The Labute approximate surface area is 131 Å². The number of amides is 1. The third-order valence-electron chi connectivity index (χ3n) is 4.17. The molecule has 0 bridgehead atoms. The van der Waals surface area contributed by atoms with Crippen LogP contribution in [0.3, 0.4) is 0 Å². The second kappa shape index (κ2) is 5.45. The standard InChI is InChI=1S/C20H21NO/c1-14-17-12-8-7-11-16(17)13-20(2,3)21-19(22)18(14)15-9-5-4-6-10-15/h4-12H,13H2,1-3H3,(H,21,22)/b18-14-. The smallest absolute Gasteiger partial charge is 0.252 e. The SMILES string of the molecule is C/C1=C(\c2ccccc2)C(=O)NC(C)(C)Cc2ccccc21. The maximum Gasteiger partial charge on any atom is 0.252 e. The van der Waals surface area contributed by atoms with E-state index in [9.17, 15) is 4.79 Å². The van der Waals surface area contributed by atoms with E-state index in [1.54, 1.807) is 0 Å². The van der Waals surface area contributed by atoms with Crippen molar-refractivity contribution in [3.05, 3.63) is 71.3 Å². The molecule has 0 saturated heterocycles. The molecule has 0 aromatic heterocycles. The summed E-state index contributed by atoms with van der Waals surface area (Å²) in [6.45, 7) is 6.19. The summed E-state index contributed by atoms with van der Waals surface area (Å²) in [5.74, 6) is 0.00297. The van der Waals surface area contributed by atoms with Crippen molar-refractivity contribution in [2.45, 2.75) is 32.7 Å². The van der Waals surface area contributed by atoms with Crippen molar-refractivity contribution in [1.29, 1.82) is 0 Å². The van der Waals surface area contributed by atoms with Crippen LogP contribution in [-0.4, -0.2) is 11.4 Å². The number of allylic oxidation sites excluding steroid dienone is 1. The molecule has 1 aliphatic rings. The fourth-order valence-electron chi connectivity index (χ4n) is 3.19. The quantitative estimate of drug-likeness (QED) is 0.843. The number of hydrogen-bond acceptors (Lipinski definition) is 1. The summed E-state index contributed by atoms with van der Waals surface area (Å²) in [6.07, 6.45) is 0.828. The summed E-state index contributed by atoms with van der Waals surface area (Å²) in [5.41, 5.74) is 4.94. The molecule has 2 heteroatoms. The van der Waals surface area contributed by atoms with Crippen molar-refractivity contribution < 1.29 is 4.79 Å². The highest BCUT2D eigenvalue weighted by atomic mass is 16.1. The lowest BCUT2D eigenvalue weighted by atomic mass is 9.84. The first kappa shape index (κ1) is 14.6. The van der Waals surface area contributed by atoms with Gasteiger partial charge in [0.2, 0.25) is 0 Å². The van der Waals surface area contributed by atoms with Crippen LogP contribution in [0.1, 0.15) is 37.5 Å². The largest absolute Gasteiger partial charge is 0.347 e. The predicted octanol–water partition coefficient (Wildman–Crippen LogP) is 4.07. The molecule has 0 saturated carbocycles. The van der Waals surface area contributed by atoms with Gasteiger partial charge in [-0.15, -0.1) is 0 Å². The zero-order valence-corrected chi connectivity index (χ0v) is 13.3. The Kier molecular flexibility index (Phi) is 3.61. The highest BCUT2D eigenvalue weighted by Crippen LogP contribution is 2.32. The van der Waals surface area contributed by atoms with Gasteiger partial charge in [0.25, 0.3) is 5.91 Å². The van der Waals surface area contributed by atoms with Gasteiger partial charge in [-0.2, -0.15) is 0 Å². The van der Waals surface area contributed by atoms with Crippen molar-refractivity contribution >= 4 is 17.1 Å². The molecular weight excluding hydrogens is 270 g/mol. The van der Waals surface area contributed by atoms with Gasteiger partial charge in [-0.3, -0.25) is 4.79 Å². The van der Waals surface area contributed by atoms with Gasteiger partial charge in [-0.1, -0.05) is 54.6 Å². The molecule has 0 aliphatic carbocycles. The van der Waals surface area contributed by atoms with Crippen molar-refractivity contribution in [3.63, 3.8) is 0 Å². The van der Waals surface area contributed by atoms with E-state index in [-0.39, 0.29) is 11.4 Å². The first-order chi connectivity index (χ1) is 10.5. The van der Waals surface area contributed by atoms with E-state index in [0.717, 1.165) is 23.1 Å². The van der Waals surface area contributed by atoms with E-state index in [2.05, 4.69) is 37.4 Å². The van der Waals surface area contributed by atoms with Crippen LogP contribution in [0.2, 0.25) is 0 Å². The third-order valence-corrected chi connectivity index (χ3v) is 4.17. The van der Waals surface area contributed by atoms with E-state index in [0.29, 0.717) is 0 Å². The van der Waals surface area contributed by atoms with Crippen LogP contribution in [0.4, 0.5) is 0 Å². The highest BCUT2D eigenvalue weighted by molar-refractivity contribution is 6.27. The van der Waals surface area contributed by atoms with Gasteiger partial charge in [-0.25, -0.2) is 0 Å². The molecule has 0 spiro atoms. The van der Waals surface area contributed by atoms with Crippen molar-refractivity contribution in [2.24, 2.45) is 0 Å². The van der Waals surface area contributed by atoms with Crippen LogP contribution in [0.5, 0.6) is 0 Å². The molecule has 0 unspecified atom stereocenters. The van der Waals surface area contributed by atoms with E-state index in [4.69, 9.17) is 0 Å². The predicted molar refractivity (Wildman–Crippen MR) is 91.3 cm³/mol. The molecule has 2 nitrogen and oxygen atoms in total. The normalized spacial score (nSPS) is 20.6. The zero-order chi connectivity index (χ0) is 15.7. The van der Waals surface area contributed by atoms with Crippen LogP contribution in [-0.2, 0) is 11.2 Å². The minimum absolute atomic E-state index is 0.00297. The van der Waals surface area contributed by atoms with Crippen LogP contribution < -0.4 is 5.32 Å². The number of benzene rings is 2. The molecule has 1 amide bonds. The van der Waals surface area contributed by atoms with Crippen LogP contribution in [0.25, 0.3) is 11.1 Å². The minimum atomic E-state index is -0.270. The molecule has 0 fully saturated rings. The summed E-state index contributed by atoms with van der Waals surface area (Å²) in [5, 5.41) is 3.18. The monoisotopic (exact) mass is 291 g/mol. The number of fused-ring (bicyclic) bond motifs is 1. The summed E-state index contributed by atoms with van der Waals surface area (Å²) in [6, 6.07) is 18.3. The van der Waals surface area contributed by atoms with Gasteiger partial charge in [0.1, 0.15) is 0 Å². The Morgan fingerprint density at radius 2 is 1.59 bits per heavy atom. The zero-order valence-electron chi connectivity index (χ0n) is 13.3. The number of nitrogens with one attached hydrogen (secondary N) is 1. The first-order valence-electron chi connectivity index (χ1n) is 7.65. The maximum absolute atomic E-state index is 12.8. The number of carbonyl (C=O) groups excluding carboxylic acids is 1. The Morgan fingerprint density at radius 1 is 0.955 bits per heavy atom. The lowest BCUT2D eigenvalue weighted by Crippen LogP contribution is -2.46. The fraction of sp³-hybridized carbons (Fsp3) is 0.250. The van der Waals surface area contributed by atoms with Crippen molar-refractivity contribution in [2.75, 3.05) is 0 Å². The molecule has 3 rings (SSSR count). The lowest BCUT2D eigenvalue weighted by Gasteiger charge is -2.31. The summed E-state index contributed by atoms with van der Waals surface area (Å²) >= 11 is 0. The van der Waals surface area contributed by atoms with E-state index < -0.39 is 0 Å². The number of hydrogen-bond donors (Lipinski definition) is 1. The lowest BCUT2D eigenvalue weighted by molar-refractivity contribution is -0.117. The van der Waals surface area contributed by atoms with Crippen molar-refractivity contribution in [1.82, 2.24) is 5.32 Å². The second-order valence-corrected chi connectivity index (χ2v) is 6.54. The Balaban J connectivity index is 2.27. The van der Waals surface area contributed by atoms with E-state index in [1.165, 1.54) is 11.1 Å². The maximum atomic E-state index is 12.8. The van der Waals surface area contributed by atoms with Gasteiger partial charge in [0.05, 0.1) is 5.57 Å². The van der Waals surface area contributed by atoms with Crippen molar-refractivity contribution in [3.8, 4) is 0 Å². The molecule has 0 radical (unpaired) electrons. The highest BCUT2D eigenvalue weighted by Gasteiger charge is 2.28. The molecule has 1 heterocycles. The molecule has 112 valence electrons. The van der Waals surface area contributed by atoms with Gasteiger partial charge < -0.3 is 5.32 Å². The first-order valence-corrected chi connectivity index (χ1v) is 7.65. The van der Waals surface area contributed by atoms with E-state index in [1.807, 2.05) is 43.3 Å². The van der Waals surface area contributed by atoms with Crippen LogP contribution in [0, 0.1) is 0 Å². The van der Waals surface area contributed by atoms with E-state index >= 15 is 0 Å². The Morgan fingerprint density at radius 3 is 2.32 bits per heavy atom. The second-order valence-electron chi connectivity index (χ2n) is 6.54. The Hall–Kier alpha value is -2.35. The fourth-order valence-corrected chi connectivity index (χ4v) is 3.19. The number of carbonyl (C=O) groups is 1. The molecule has 2 aromatic carbocycles. The van der Waals surface area contributed by atoms with Gasteiger partial charge >= 0.3 is 0 Å².